The van der Waals surface area contributed by atoms with E-state index < -0.39 is 37.1 Å². The molecule has 0 aliphatic heterocycles. The summed E-state index contributed by atoms with van der Waals surface area (Å²) in [5.41, 5.74) is 0. The summed E-state index contributed by atoms with van der Waals surface area (Å²) in [6, 6.07) is 0. The third-order valence-corrected chi connectivity index (χ3v) is 3.18. The van der Waals surface area contributed by atoms with Gasteiger partial charge in [-0.3, -0.25) is 4.79 Å². The third kappa shape index (κ3) is 4.63. The van der Waals surface area contributed by atoms with E-state index in [9.17, 15) is 22.4 Å². The van der Waals surface area contributed by atoms with Crippen LogP contribution in [0.4, 0.5) is 17.6 Å². The lowest BCUT2D eigenvalue weighted by atomic mass is 9.85. The quantitative estimate of drug-likeness (QED) is 0.562. The van der Waals surface area contributed by atoms with Gasteiger partial charge in [0.05, 0.1) is 6.54 Å². The number of nitrogens with zero attached hydrogens (tertiary/aromatic N) is 1. The molecule has 1 amide bonds. The number of alkyl halides is 5. The van der Waals surface area contributed by atoms with Gasteiger partial charge in [-0.25, -0.2) is 17.6 Å². The van der Waals surface area contributed by atoms with Crippen LogP contribution < -0.4 is 0 Å². The molecule has 1 saturated carbocycles. The van der Waals surface area contributed by atoms with Crippen LogP contribution in [0.15, 0.2) is 0 Å². The standard InChI is InChI=1S/C11H16ClF4NO/c12-4-5-17(7-9(13)14)10(18)8-2-1-3-11(15,16)6-8/h8-9H,1-7H2. The molecule has 1 atom stereocenters. The van der Waals surface area contributed by atoms with Gasteiger partial charge in [-0.05, 0) is 12.8 Å². The Hall–Kier alpha value is -0.520. The molecule has 1 aliphatic carbocycles. The largest absolute Gasteiger partial charge is 0.336 e. The van der Waals surface area contributed by atoms with Crippen molar-refractivity contribution < 1.29 is 22.4 Å². The van der Waals surface area contributed by atoms with Crippen LogP contribution in [0.25, 0.3) is 0 Å². The molecular weight excluding hydrogens is 274 g/mol. The summed E-state index contributed by atoms with van der Waals surface area (Å²) >= 11 is 5.43. The molecule has 1 rings (SSSR count). The van der Waals surface area contributed by atoms with Gasteiger partial charge in [-0.15, -0.1) is 11.6 Å². The van der Waals surface area contributed by atoms with E-state index in [2.05, 4.69) is 0 Å². The molecule has 0 saturated heterocycles. The maximum absolute atomic E-state index is 13.2. The van der Waals surface area contributed by atoms with Crippen molar-refractivity contribution in [1.29, 1.82) is 0 Å². The normalized spacial score (nSPS) is 23.1. The first-order valence-electron chi connectivity index (χ1n) is 5.86. The van der Waals surface area contributed by atoms with Gasteiger partial charge in [0.15, 0.2) is 0 Å². The van der Waals surface area contributed by atoms with Crippen LogP contribution >= 0.6 is 11.6 Å². The molecule has 0 aromatic heterocycles. The highest BCUT2D eigenvalue weighted by molar-refractivity contribution is 6.18. The summed E-state index contributed by atoms with van der Waals surface area (Å²) < 4.78 is 51.0. The fraction of sp³-hybridized carbons (Fsp3) is 0.909. The zero-order valence-electron chi connectivity index (χ0n) is 9.85. The number of amides is 1. The number of carbonyl (C=O) groups excluding carboxylic acids is 1. The SMILES string of the molecule is O=C(C1CCCC(F)(F)C1)N(CCCl)CC(F)F. The van der Waals surface area contributed by atoms with E-state index in [4.69, 9.17) is 11.6 Å². The Labute approximate surface area is 108 Å². The number of rotatable bonds is 5. The number of hydrogen-bond donors (Lipinski definition) is 0. The molecule has 1 aliphatic rings. The minimum absolute atomic E-state index is 0.0154. The fourth-order valence-corrected chi connectivity index (χ4v) is 2.40. The molecule has 0 aromatic carbocycles. The maximum atomic E-state index is 13.2. The van der Waals surface area contributed by atoms with Gasteiger partial charge in [0.1, 0.15) is 0 Å². The fourth-order valence-electron chi connectivity index (χ4n) is 2.20. The molecule has 0 bridgehead atoms. The lowest BCUT2D eigenvalue weighted by Crippen LogP contribution is -2.43. The van der Waals surface area contributed by atoms with Crippen LogP contribution in [-0.2, 0) is 4.79 Å². The number of halogens is 5. The van der Waals surface area contributed by atoms with Crippen LogP contribution in [-0.4, -0.2) is 42.1 Å². The first kappa shape index (κ1) is 15.5. The Morgan fingerprint density at radius 2 is 2.11 bits per heavy atom. The van der Waals surface area contributed by atoms with Gasteiger partial charge < -0.3 is 4.90 Å². The molecule has 106 valence electrons. The molecule has 0 heterocycles. The van der Waals surface area contributed by atoms with Gasteiger partial charge in [-0.1, -0.05) is 0 Å². The van der Waals surface area contributed by atoms with Crippen LogP contribution in [0, 0.1) is 5.92 Å². The molecule has 1 fully saturated rings. The Kier molecular flexibility index (Phi) is 5.69. The second-order valence-electron chi connectivity index (χ2n) is 4.51. The Morgan fingerprint density at radius 3 is 2.61 bits per heavy atom. The van der Waals surface area contributed by atoms with Crippen molar-refractivity contribution in [3.05, 3.63) is 0 Å². The summed E-state index contributed by atoms with van der Waals surface area (Å²) in [4.78, 5) is 12.8. The molecule has 1 unspecified atom stereocenters. The zero-order valence-corrected chi connectivity index (χ0v) is 10.6. The van der Waals surface area contributed by atoms with E-state index in [0.717, 1.165) is 4.90 Å². The van der Waals surface area contributed by atoms with Gasteiger partial charge >= 0.3 is 0 Å². The highest BCUT2D eigenvalue weighted by Gasteiger charge is 2.40. The van der Waals surface area contributed by atoms with Crippen LogP contribution in [0.5, 0.6) is 0 Å². The number of carbonyl (C=O) groups is 1. The molecular formula is C11H16ClF4NO. The van der Waals surface area contributed by atoms with Gasteiger partial charge in [-0.2, -0.15) is 0 Å². The predicted molar refractivity (Wildman–Crippen MR) is 60.2 cm³/mol. The van der Waals surface area contributed by atoms with E-state index >= 15 is 0 Å². The topological polar surface area (TPSA) is 20.3 Å². The van der Waals surface area contributed by atoms with Crippen molar-refractivity contribution in [1.82, 2.24) is 4.90 Å². The van der Waals surface area contributed by atoms with Crippen LogP contribution in [0.2, 0.25) is 0 Å². The monoisotopic (exact) mass is 289 g/mol. The first-order valence-corrected chi connectivity index (χ1v) is 6.40. The maximum Gasteiger partial charge on any atom is 0.255 e. The summed E-state index contributed by atoms with van der Waals surface area (Å²) in [6.45, 7) is -0.777. The van der Waals surface area contributed by atoms with Crippen LogP contribution in [0.1, 0.15) is 25.7 Å². The van der Waals surface area contributed by atoms with Crippen LogP contribution in [0.3, 0.4) is 0 Å². The van der Waals surface area contributed by atoms with Crippen molar-refractivity contribution in [2.24, 2.45) is 5.92 Å². The van der Waals surface area contributed by atoms with E-state index in [0.29, 0.717) is 6.42 Å². The Bertz CT molecular complexity index is 282. The minimum atomic E-state index is -2.87. The molecule has 7 heteroatoms. The zero-order chi connectivity index (χ0) is 13.8. The summed E-state index contributed by atoms with van der Waals surface area (Å²) in [7, 11) is 0. The van der Waals surface area contributed by atoms with Gasteiger partial charge in [0.2, 0.25) is 11.8 Å². The summed E-state index contributed by atoms with van der Waals surface area (Å²) in [6.07, 6.45) is -2.89. The highest BCUT2D eigenvalue weighted by Crippen LogP contribution is 2.37. The van der Waals surface area contributed by atoms with E-state index in [-0.39, 0.29) is 25.3 Å². The Morgan fingerprint density at radius 1 is 1.44 bits per heavy atom. The average molecular weight is 290 g/mol. The second kappa shape index (κ2) is 6.59. The van der Waals surface area contributed by atoms with Crippen molar-refractivity contribution in [2.75, 3.05) is 19.0 Å². The third-order valence-electron chi connectivity index (χ3n) is 3.01. The van der Waals surface area contributed by atoms with Gasteiger partial charge in [0, 0.05) is 31.2 Å². The smallest absolute Gasteiger partial charge is 0.255 e. The first-order chi connectivity index (χ1) is 8.35. The van der Waals surface area contributed by atoms with E-state index in [1.807, 2.05) is 0 Å². The molecule has 0 aromatic rings. The average Bonchev–Trinajstić information content (AvgIpc) is 2.25. The van der Waals surface area contributed by atoms with Crippen molar-refractivity contribution in [2.45, 2.75) is 38.0 Å². The summed E-state index contributed by atoms with van der Waals surface area (Å²) in [5.74, 6) is -4.34. The van der Waals surface area contributed by atoms with E-state index in [1.165, 1.54) is 0 Å². The number of hydrogen-bond acceptors (Lipinski definition) is 1. The van der Waals surface area contributed by atoms with Gasteiger partial charge in [0.25, 0.3) is 6.43 Å². The molecule has 2 nitrogen and oxygen atoms in total. The van der Waals surface area contributed by atoms with Crippen molar-refractivity contribution >= 4 is 17.5 Å². The molecule has 18 heavy (non-hydrogen) atoms. The molecule has 0 N–H and O–H groups in total. The Balaban J connectivity index is 2.64. The molecule has 0 radical (unpaired) electrons. The van der Waals surface area contributed by atoms with Crippen molar-refractivity contribution in [3.8, 4) is 0 Å². The predicted octanol–water partition coefficient (Wildman–Crippen LogP) is 3.14. The highest BCUT2D eigenvalue weighted by atomic mass is 35.5. The lowest BCUT2D eigenvalue weighted by Gasteiger charge is -2.32. The second-order valence-corrected chi connectivity index (χ2v) is 4.89. The summed E-state index contributed by atoms with van der Waals surface area (Å²) in [5, 5.41) is 0. The van der Waals surface area contributed by atoms with Crippen molar-refractivity contribution in [3.63, 3.8) is 0 Å². The minimum Gasteiger partial charge on any atom is -0.336 e. The molecule has 0 spiro atoms. The van der Waals surface area contributed by atoms with E-state index in [1.54, 1.807) is 0 Å². The lowest BCUT2D eigenvalue weighted by molar-refractivity contribution is -0.144.